The van der Waals surface area contributed by atoms with E-state index < -0.39 is 0 Å². The minimum absolute atomic E-state index is 0.0565. The summed E-state index contributed by atoms with van der Waals surface area (Å²) in [4.78, 5) is 0. The number of nitrogens with one attached hydrogen (secondary N) is 1. The highest BCUT2D eigenvalue weighted by Gasteiger charge is 2.18. The van der Waals surface area contributed by atoms with Crippen molar-refractivity contribution in [3.63, 3.8) is 0 Å². The van der Waals surface area contributed by atoms with Gasteiger partial charge in [-0.2, -0.15) is 5.10 Å². The molecule has 0 amide bonds. The molecule has 2 aromatic rings. The van der Waals surface area contributed by atoms with Crippen LogP contribution in [0.5, 0.6) is 11.5 Å². The summed E-state index contributed by atoms with van der Waals surface area (Å²) in [5.41, 5.74) is 3.22. The van der Waals surface area contributed by atoms with Crippen LogP contribution in [0, 0.1) is 6.92 Å². The molecule has 5 heteroatoms. The van der Waals surface area contributed by atoms with Gasteiger partial charge < -0.3 is 14.8 Å². The standard InChI is InChI=1S/C15H21N3O2/c1-10-8-12(18(3)17-10)15(16-2)11-6-7-13(19-4)14(9-11)20-5/h6-9,15-16H,1-5H3. The van der Waals surface area contributed by atoms with Gasteiger partial charge in [0, 0.05) is 7.05 Å². The molecule has 0 aliphatic carbocycles. The van der Waals surface area contributed by atoms with Crippen LogP contribution in [0.4, 0.5) is 0 Å². The molecule has 0 aliphatic rings. The fourth-order valence-electron chi connectivity index (χ4n) is 2.42. The van der Waals surface area contributed by atoms with Crippen molar-refractivity contribution in [2.24, 2.45) is 7.05 Å². The van der Waals surface area contributed by atoms with E-state index in [1.807, 2.05) is 43.9 Å². The average Bonchev–Trinajstić information content (AvgIpc) is 2.78. The van der Waals surface area contributed by atoms with Crippen LogP contribution < -0.4 is 14.8 Å². The lowest BCUT2D eigenvalue weighted by molar-refractivity contribution is 0.354. The Morgan fingerprint density at radius 3 is 2.35 bits per heavy atom. The summed E-state index contributed by atoms with van der Waals surface area (Å²) in [6.45, 7) is 1.99. The molecule has 1 N–H and O–H groups in total. The lowest BCUT2D eigenvalue weighted by Crippen LogP contribution is -2.20. The van der Waals surface area contributed by atoms with Gasteiger partial charge in [0.1, 0.15) is 0 Å². The Morgan fingerprint density at radius 2 is 1.85 bits per heavy atom. The Morgan fingerprint density at radius 1 is 1.15 bits per heavy atom. The van der Waals surface area contributed by atoms with Crippen LogP contribution in [0.3, 0.4) is 0 Å². The Kier molecular flexibility index (Phi) is 4.29. The SMILES string of the molecule is CNC(c1ccc(OC)c(OC)c1)c1cc(C)nn1C. The molecule has 0 bridgehead atoms. The van der Waals surface area contributed by atoms with Gasteiger partial charge in [-0.25, -0.2) is 0 Å². The summed E-state index contributed by atoms with van der Waals surface area (Å²) in [5.74, 6) is 1.46. The van der Waals surface area contributed by atoms with Crippen molar-refractivity contribution >= 4 is 0 Å². The van der Waals surface area contributed by atoms with Gasteiger partial charge in [-0.15, -0.1) is 0 Å². The monoisotopic (exact) mass is 275 g/mol. The molecule has 0 saturated heterocycles. The molecule has 5 nitrogen and oxygen atoms in total. The highest BCUT2D eigenvalue weighted by molar-refractivity contribution is 5.45. The average molecular weight is 275 g/mol. The fraction of sp³-hybridized carbons (Fsp3) is 0.400. The first kappa shape index (κ1) is 14.4. The first-order valence-corrected chi connectivity index (χ1v) is 6.50. The van der Waals surface area contributed by atoms with Crippen molar-refractivity contribution in [3.8, 4) is 11.5 Å². The second-order valence-electron chi connectivity index (χ2n) is 4.67. The van der Waals surface area contributed by atoms with Gasteiger partial charge in [0.25, 0.3) is 0 Å². The molecule has 1 aromatic carbocycles. The number of hydrogen-bond donors (Lipinski definition) is 1. The third kappa shape index (κ3) is 2.63. The van der Waals surface area contributed by atoms with Crippen molar-refractivity contribution in [2.45, 2.75) is 13.0 Å². The summed E-state index contributed by atoms with van der Waals surface area (Å²) in [5, 5.41) is 7.72. The van der Waals surface area contributed by atoms with Crippen LogP contribution in [0.1, 0.15) is 23.0 Å². The summed E-state index contributed by atoms with van der Waals surface area (Å²) < 4.78 is 12.5. The van der Waals surface area contributed by atoms with Gasteiger partial charge >= 0.3 is 0 Å². The maximum atomic E-state index is 5.37. The van der Waals surface area contributed by atoms with Gasteiger partial charge in [-0.1, -0.05) is 6.07 Å². The van der Waals surface area contributed by atoms with E-state index in [4.69, 9.17) is 9.47 Å². The first-order valence-electron chi connectivity index (χ1n) is 6.50. The minimum Gasteiger partial charge on any atom is -0.493 e. The molecular formula is C15H21N3O2. The second kappa shape index (κ2) is 5.96. The molecule has 108 valence electrons. The quantitative estimate of drug-likeness (QED) is 0.907. The van der Waals surface area contributed by atoms with Crippen LogP contribution in [0.25, 0.3) is 0 Å². The molecule has 2 rings (SSSR count). The number of benzene rings is 1. The number of aryl methyl sites for hydroxylation is 2. The van der Waals surface area contributed by atoms with Crippen LogP contribution in [0.2, 0.25) is 0 Å². The van der Waals surface area contributed by atoms with Gasteiger partial charge in [0.2, 0.25) is 0 Å². The van der Waals surface area contributed by atoms with E-state index in [-0.39, 0.29) is 6.04 Å². The van der Waals surface area contributed by atoms with Crippen LogP contribution in [-0.2, 0) is 7.05 Å². The maximum absolute atomic E-state index is 5.37. The maximum Gasteiger partial charge on any atom is 0.161 e. The van der Waals surface area contributed by atoms with E-state index >= 15 is 0 Å². The normalized spacial score (nSPS) is 12.2. The molecule has 1 atom stereocenters. The number of ether oxygens (including phenoxy) is 2. The van der Waals surface area contributed by atoms with Crippen LogP contribution >= 0.6 is 0 Å². The van der Waals surface area contributed by atoms with E-state index in [0.717, 1.165) is 28.5 Å². The van der Waals surface area contributed by atoms with Gasteiger partial charge in [0.05, 0.1) is 31.6 Å². The molecule has 0 saturated carbocycles. The van der Waals surface area contributed by atoms with Gasteiger partial charge in [-0.05, 0) is 37.7 Å². The molecule has 0 fully saturated rings. The fourth-order valence-corrected chi connectivity index (χ4v) is 2.42. The van der Waals surface area contributed by atoms with Crippen LogP contribution in [-0.4, -0.2) is 31.0 Å². The molecule has 0 radical (unpaired) electrons. The van der Waals surface area contributed by atoms with Gasteiger partial charge in [0.15, 0.2) is 11.5 Å². The highest BCUT2D eigenvalue weighted by Crippen LogP contribution is 2.32. The predicted molar refractivity (Wildman–Crippen MR) is 78.4 cm³/mol. The summed E-state index contributed by atoms with van der Waals surface area (Å²) >= 11 is 0. The molecular weight excluding hydrogens is 254 g/mol. The molecule has 1 heterocycles. The largest absolute Gasteiger partial charge is 0.493 e. The molecule has 1 unspecified atom stereocenters. The number of rotatable bonds is 5. The van der Waals surface area contributed by atoms with Crippen molar-refractivity contribution in [1.82, 2.24) is 15.1 Å². The zero-order chi connectivity index (χ0) is 14.7. The van der Waals surface area contributed by atoms with Crippen molar-refractivity contribution in [2.75, 3.05) is 21.3 Å². The highest BCUT2D eigenvalue weighted by atomic mass is 16.5. The number of methoxy groups -OCH3 is 2. The van der Waals surface area contributed by atoms with E-state index in [2.05, 4.69) is 16.5 Å². The topological polar surface area (TPSA) is 48.3 Å². The Bertz CT molecular complexity index is 593. The van der Waals surface area contributed by atoms with E-state index in [1.54, 1.807) is 14.2 Å². The third-order valence-electron chi connectivity index (χ3n) is 3.36. The van der Waals surface area contributed by atoms with Crippen molar-refractivity contribution < 1.29 is 9.47 Å². The summed E-state index contributed by atoms with van der Waals surface area (Å²) in [6.07, 6.45) is 0. The van der Waals surface area contributed by atoms with E-state index in [1.165, 1.54) is 0 Å². The Balaban J connectivity index is 2.44. The van der Waals surface area contributed by atoms with E-state index in [0.29, 0.717) is 0 Å². The summed E-state index contributed by atoms with van der Waals surface area (Å²) in [6, 6.07) is 8.08. The minimum atomic E-state index is 0.0565. The number of nitrogens with zero attached hydrogens (tertiary/aromatic N) is 2. The number of aromatic nitrogens is 2. The zero-order valence-corrected chi connectivity index (χ0v) is 12.6. The molecule has 20 heavy (non-hydrogen) atoms. The lowest BCUT2D eigenvalue weighted by atomic mass is 10.0. The van der Waals surface area contributed by atoms with E-state index in [9.17, 15) is 0 Å². The Hall–Kier alpha value is -2.01. The second-order valence-corrected chi connectivity index (χ2v) is 4.67. The lowest BCUT2D eigenvalue weighted by Gasteiger charge is -2.18. The predicted octanol–water partition coefficient (Wildman–Crippen LogP) is 2.05. The smallest absolute Gasteiger partial charge is 0.161 e. The van der Waals surface area contributed by atoms with Gasteiger partial charge in [-0.3, -0.25) is 4.68 Å². The zero-order valence-electron chi connectivity index (χ0n) is 12.6. The third-order valence-corrected chi connectivity index (χ3v) is 3.36. The molecule has 0 aliphatic heterocycles. The first-order chi connectivity index (χ1) is 9.60. The Labute approximate surface area is 119 Å². The van der Waals surface area contributed by atoms with Crippen LogP contribution in [0.15, 0.2) is 24.3 Å². The molecule has 1 aromatic heterocycles. The van der Waals surface area contributed by atoms with Crippen molar-refractivity contribution in [1.29, 1.82) is 0 Å². The number of hydrogen-bond acceptors (Lipinski definition) is 4. The molecule has 0 spiro atoms. The summed E-state index contributed by atoms with van der Waals surface area (Å²) in [7, 11) is 7.17. The van der Waals surface area contributed by atoms with Crippen molar-refractivity contribution in [3.05, 3.63) is 41.2 Å².